The Kier molecular flexibility index (Phi) is 3.77. The van der Waals surface area contributed by atoms with E-state index in [-0.39, 0.29) is 6.03 Å². The van der Waals surface area contributed by atoms with Gasteiger partial charge in [0.1, 0.15) is 5.82 Å². The summed E-state index contributed by atoms with van der Waals surface area (Å²) in [4.78, 5) is 14.0. The van der Waals surface area contributed by atoms with Gasteiger partial charge < -0.3 is 16.0 Å². The molecule has 2 heterocycles. The number of rotatable bonds is 2. The van der Waals surface area contributed by atoms with Crippen LogP contribution in [0.25, 0.3) is 0 Å². The van der Waals surface area contributed by atoms with Crippen LogP contribution >= 0.6 is 0 Å². The van der Waals surface area contributed by atoms with Crippen LogP contribution in [0, 0.1) is 0 Å². The van der Waals surface area contributed by atoms with Crippen LogP contribution in [0.3, 0.4) is 0 Å². The first-order valence-electron chi connectivity index (χ1n) is 7.14. The Morgan fingerprint density at radius 2 is 1.90 bits per heavy atom. The molecule has 6 heteroatoms. The topological polar surface area (TPSA) is 76.2 Å². The van der Waals surface area contributed by atoms with Gasteiger partial charge in [0.25, 0.3) is 0 Å². The highest BCUT2D eigenvalue weighted by Crippen LogP contribution is 2.22. The average Bonchev–Trinajstić information content (AvgIpc) is 2.95. The molecule has 0 atom stereocenters. The standard InChI is InChI=1S/C15H19N5O/c16-14-8-11-20(18-14)13-6-9-19(10-7-13)15(21)17-12-4-2-1-3-5-12/h1-5,8,11,13H,6-7,9-10H2,(H2,16,18)(H,17,21). The highest BCUT2D eigenvalue weighted by Gasteiger charge is 2.24. The molecule has 1 aliphatic heterocycles. The monoisotopic (exact) mass is 285 g/mol. The second-order valence-corrected chi connectivity index (χ2v) is 5.24. The number of hydrogen-bond acceptors (Lipinski definition) is 3. The lowest BCUT2D eigenvalue weighted by molar-refractivity contribution is 0.180. The molecule has 3 rings (SSSR count). The SMILES string of the molecule is Nc1ccn(C2CCN(C(=O)Nc3ccccc3)CC2)n1. The predicted molar refractivity (Wildman–Crippen MR) is 81.9 cm³/mol. The van der Waals surface area contributed by atoms with Crippen molar-refractivity contribution in [3.8, 4) is 0 Å². The van der Waals surface area contributed by atoms with Gasteiger partial charge in [0.05, 0.1) is 6.04 Å². The molecule has 1 saturated heterocycles. The molecular weight excluding hydrogens is 266 g/mol. The zero-order valence-electron chi connectivity index (χ0n) is 11.8. The van der Waals surface area contributed by atoms with Crippen LogP contribution in [0.5, 0.6) is 0 Å². The third-order valence-corrected chi connectivity index (χ3v) is 3.78. The normalized spacial score (nSPS) is 15.9. The summed E-state index contributed by atoms with van der Waals surface area (Å²) in [5.41, 5.74) is 6.46. The van der Waals surface area contributed by atoms with Gasteiger partial charge in [0.15, 0.2) is 0 Å². The van der Waals surface area contributed by atoms with Crippen molar-refractivity contribution in [2.45, 2.75) is 18.9 Å². The fraction of sp³-hybridized carbons (Fsp3) is 0.333. The van der Waals surface area contributed by atoms with Gasteiger partial charge in [-0.15, -0.1) is 0 Å². The summed E-state index contributed by atoms with van der Waals surface area (Å²) in [6.45, 7) is 1.45. The number of nitrogens with zero attached hydrogens (tertiary/aromatic N) is 3. The second-order valence-electron chi connectivity index (χ2n) is 5.24. The van der Waals surface area contributed by atoms with E-state index in [1.165, 1.54) is 0 Å². The molecule has 0 saturated carbocycles. The third kappa shape index (κ3) is 3.16. The molecule has 110 valence electrons. The summed E-state index contributed by atoms with van der Waals surface area (Å²) in [7, 11) is 0. The van der Waals surface area contributed by atoms with Crippen molar-refractivity contribution in [2.75, 3.05) is 24.1 Å². The highest BCUT2D eigenvalue weighted by atomic mass is 16.2. The number of nitrogens with one attached hydrogen (secondary N) is 1. The molecule has 0 bridgehead atoms. The van der Waals surface area contributed by atoms with E-state index in [4.69, 9.17) is 5.73 Å². The first-order chi connectivity index (χ1) is 10.2. The number of anilines is 2. The summed E-state index contributed by atoms with van der Waals surface area (Å²) in [5, 5.41) is 7.16. The largest absolute Gasteiger partial charge is 0.382 e. The van der Waals surface area contributed by atoms with Gasteiger partial charge in [0.2, 0.25) is 0 Å². The fourth-order valence-corrected chi connectivity index (χ4v) is 2.61. The van der Waals surface area contributed by atoms with E-state index in [0.717, 1.165) is 31.6 Å². The van der Waals surface area contributed by atoms with Crippen LogP contribution in [0.1, 0.15) is 18.9 Å². The molecule has 2 aromatic rings. The molecule has 1 aromatic carbocycles. The number of amides is 2. The van der Waals surface area contributed by atoms with Crippen molar-refractivity contribution in [3.63, 3.8) is 0 Å². The van der Waals surface area contributed by atoms with Gasteiger partial charge in [0, 0.05) is 25.0 Å². The van der Waals surface area contributed by atoms with E-state index >= 15 is 0 Å². The molecule has 3 N–H and O–H groups in total. The van der Waals surface area contributed by atoms with Gasteiger partial charge in [-0.05, 0) is 31.0 Å². The Morgan fingerprint density at radius 1 is 1.19 bits per heavy atom. The molecule has 0 unspecified atom stereocenters. The molecule has 21 heavy (non-hydrogen) atoms. The molecule has 1 fully saturated rings. The predicted octanol–water partition coefficient (Wildman–Crippen LogP) is 2.33. The quantitative estimate of drug-likeness (QED) is 0.889. The average molecular weight is 285 g/mol. The maximum Gasteiger partial charge on any atom is 0.321 e. The van der Waals surface area contributed by atoms with Crippen molar-refractivity contribution < 1.29 is 4.79 Å². The first kappa shape index (κ1) is 13.5. The summed E-state index contributed by atoms with van der Waals surface area (Å²) < 4.78 is 1.90. The summed E-state index contributed by atoms with van der Waals surface area (Å²) >= 11 is 0. The summed E-state index contributed by atoms with van der Waals surface area (Å²) in [5.74, 6) is 0.541. The number of likely N-dealkylation sites (tertiary alicyclic amines) is 1. The van der Waals surface area contributed by atoms with Crippen molar-refractivity contribution in [1.29, 1.82) is 0 Å². The van der Waals surface area contributed by atoms with Crippen LogP contribution in [-0.2, 0) is 0 Å². The first-order valence-corrected chi connectivity index (χ1v) is 7.14. The summed E-state index contributed by atoms with van der Waals surface area (Å²) in [6.07, 6.45) is 3.69. The van der Waals surface area contributed by atoms with Gasteiger partial charge in [-0.2, -0.15) is 5.10 Å². The number of para-hydroxylation sites is 1. The molecule has 2 amide bonds. The zero-order valence-corrected chi connectivity index (χ0v) is 11.8. The smallest absolute Gasteiger partial charge is 0.321 e. The van der Waals surface area contributed by atoms with E-state index < -0.39 is 0 Å². The molecule has 0 radical (unpaired) electrons. The van der Waals surface area contributed by atoms with Crippen LogP contribution in [0.15, 0.2) is 42.6 Å². The van der Waals surface area contributed by atoms with E-state index in [2.05, 4.69) is 10.4 Å². The number of carbonyl (C=O) groups excluding carboxylic acids is 1. The number of nitrogens with two attached hydrogens (primary N) is 1. The minimum absolute atomic E-state index is 0.0420. The Hall–Kier alpha value is -2.50. The van der Waals surface area contributed by atoms with Crippen LogP contribution < -0.4 is 11.1 Å². The van der Waals surface area contributed by atoms with E-state index in [1.807, 2.05) is 46.1 Å². The van der Waals surface area contributed by atoms with Crippen molar-refractivity contribution in [2.24, 2.45) is 0 Å². The lowest BCUT2D eigenvalue weighted by Gasteiger charge is -2.32. The molecule has 6 nitrogen and oxygen atoms in total. The van der Waals surface area contributed by atoms with Gasteiger partial charge in [-0.25, -0.2) is 4.79 Å². The minimum Gasteiger partial charge on any atom is -0.382 e. The maximum absolute atomic E-state index is 12.2. The molecular formula is C15H19N5O. The Balaban J connectivity index is 1.54. The number of benzene rings is 1. The van der Waals surface area contributed by atoms with E-state index in [1.54, 1.807) is 6.07 Å². The maximum atomic E-state index is 12.2. The molecule has 0 aliphatic carbocycles. The second kappa shape index (κ2) is 5.87. The number of aromatic nitrogens is 2. The summed E-state index contributed by atoms with van der Waals surface area (Å²) in [6, 6.07) is 11.6. The lowest BCUT2D eigenvalue weighted by atomic mass is 10.1. The number of carbonyl (C=O) groups is 1. The van der Waals surface area contributed by atoms with Gasteiger partial charge in [-0.3, -0.25) is 4.68 Å². The Morgan fingerprint density at radius 3 is 2.52 bits per heavy atom. The van der Waals surface area contributed by atoms with Crippen LogP contribution in [0.2, 0.25) is 0 Å². The number of nitrogen functional groups attached to an aromatic ring is 1. The number of hydrogen-bond donors (Lipinski definition) is 2. The highest BCUT2D eigenvalue weighted by molar-refractivity contribution is 5.89. The van der Waals surface area contributed by atoms with E-state index in [0.29, 0.717) is 11.9 Å². The molecule has 1 aromatic heterocycles. The van der Waals surface area contributed by atoms with Gasteiger partial charge >= 0.3 is 6.03 Å². The van der Waals surface area contributed by atoms with Crippen molar-refractivity contribution in [1.82, 2.24) is 14.7 Å². The van der Waals surface area contributed by atoms with E-state index in [9.17, 15) is 4.79 Å². The van der Waals surface area contributed by atoms with Crippen molar-refractivity contribution in [3.05, 3.63) is 42.6 Å². The number of urea groups is 1. The zero-order chi connectivity index (χ0) is 14.7. The molecule has 1 aliphatic rings. The minimum atomic E-state index is -0.0420. The van der Waals surface area contributed by atoms with Crippen LogP contribution in [-0.4, -0.2) is 33.8 Å². The fourth-order valence-electron chi connectivity index (χ4n) is 2.61. The van der Waals surface area contributed by atoms with Crippen molar-refractivity contribution >= 4 is 17.5 Å². The van der Waals surface area contributed by atoms with Gasteiger partial charge in [-0.1, -0.05) is 18.2 Å². The Labute approximate surface area is 123 Å². The number of piperidine rings is 1. The third-order valence-electron chi connectivity index (χ3n) is 3.78. The molecule has 0 spiro atoms. The lowest BCUT2D eigenvalue weighted by Crippen LogP contribution is -2.41. The van der Waals surface area contributed by atoms with Crippen LogP contribution in [0.4, 0.5) is 16.3 Å². The Bertz CT molecular complexity index is 602.